The van der Waals surface area contributed by atoms with Crippen molar-refractivity contribution in [1.29, 1.82) is 0 Å². The van der Waals surface area contributed by atoms with E-state index in [1.165, 1.54) is 19.2 Å². The molecule has 5 nitrogen and oxygen atoms in total. The number of rotatable bonds is 3. The molecule has 1 aliphatic heterocycles. The average molecular weight is 253 g/mol. The van der Waals surface area contributed by atoms with Gasteiger partial charge >= 0.3 is 5.97 Å². The number of aliphatic carboxylic acids is 1. The van der Waals surface area contributed by atoms with Crippen LogP contribution < -0.4 is 10.1 Å². The first kappa shape index (κ1) is 12.3. The molecule has 1 aliphatic rings. The van der Waals surface area contributed by atoms with E-state index in [0.717, 1.165) is 0 Å². The molecule has 2 atom stereocenters. The van der Waals surface area contributed by atoms with Crippen LogP contribution in [0, 0.1) is 11.7 Å². The van der Waals surface area contributed by atoms with Gasteiger partial charge in [0.2, 0.25) is 5.91 Å². The van der Waals surface area contributed by atoms with Gasteiger partial charge in [-0.05, 0) is 17.7 Å². The lowest BCUT2D eigenvalue weighted by molar-refractivity contribution is -0.145. The maximum Gasteiger partial charge on any atom is 0.316 e. The third kappa shape index (κ3) is 2.01. The summed E-state index contributed by atoms with van der Waals surface area (Å²) in [5.74, 6) is -3.95. The Morgan fingerprint density at radius 2 is 2.28 bits per heavy atom. The topological polar surface area (TPSA) is 75.6 Å². The maximum atomic E-state index is 13.6. The molecular weight excluding hydrogens is 241 g/mol. The Hall–Kier alpha value is -2.11. The van der Waals surface area contributed by atoms with Gasteiger partial charge in [-0.2, -0.15) is 0 Å². The number of carbonyl (C=O) groups excluding carboxylic acids is 1. The van der Waals surface area contributed by atoms with Gasteiger partial charge < -0.3 is 15.2 Å². The van der Waals surface area contributed by atoms with E-state index in [2.05, 4.69) is 5.32 Å². The van der Waals surface area contributed by atoms with Crippen LogP contribution in [0.5, 0.6) is 5.75 Å². The van der Waals surface area contributed by atoms with Crippen molar-refractivity contribution >= 4 is 11.9 Å². The van der Waals surface area contributed by atoms with E-state index in [0.29, 0.717) is 5.56 Å². The summed E-state index contributed by atoms with van der Waals surface area (Å²) in [4.78, 5) is 22.4. The van der Waals surface area contributed by atoms with Crippen LogP contribution in [-0.4, -0.2) is 30.6 Å². The maximum absolute atomic E-state index is 13.6. The molecule has 1 fully saturated rings. The summed E-state index contributed by atoms with van der Waals surface area (Å²) in [6.45, 7) is 0.196. The Balaban J connectivity index is 2.34. The summed E-state index contributed by atoms with van der Waals surface area (Å²) in [6.07, 6.45) is 0. The molecule has 0 aliphatic carbocycles. The molecule has 1 heterocycles. The van der Waals surface area contributed by atoms with E-state index < -0.39 is 29.5 Å². The Kier molecular flexibility index (Phi) is 3.18. The van der Waals surface area contributed by atoms with E-state index >= 15 is 0 Å². The average Bonchev–Trinajstić information content (AvgIpc) is 2.71. The first-order valence-electron chi connectivity index (χ1n) is 5.38. The molecule has 2 rings (SSSR count). The largest absolute Gasteiger partial charge is 0.494 e. The Labute approximate surface area is 103 Å². The highest BCUT2D eigenvalue weighted by Gasteiger charge is 2.41. The minimum Gasteiger partial charge on any atom is -0.494 e. The number of hydrogen-bond donors (Lipinski definition) is 2. The van der Waals surface area contributed by atoms with Gasteiger partial charge in [0.1, 0.15) is 5.92 Å². The Bertz CT molecular complexity index is 503. The predicted molar refractivity (Wildman–Crippen MR) is 59.8 cm³/mol. The monoisotopic (exact) mass is 253 g/mol. The predicted octanol–water partition coefficient (Wildman–Crippen LogP) is 0.748. The molecule has 0 aromatic heterocycles. The van der Waals surface area contributed by atoms with Crippen LogP contribution in [0.2, 0.25) is 0 Å². The van der Waals surface area contributed by atoms with E-state index in [1.54, 1.807) is 6.07 Å². The highest BCUT2D eigenvalue weighted by atomic mass is 19.1. The number of carboxylic acids is 1. The lowest BCUT2D eigenvalue weighted by Crippen LogP contribution is -2.26. The van der Waals surface area contributed by atoms with Gasteiger partial charge in [-0.25, -0.2) is 4.39 Å². The number of hydrogen-bond acceptors (Lipinski definition) is 3. The minimum atomic E-state index is -1.20. The molecule has 1 aromatic rings. The van der Waals surface area contributed by atoms with Crippen LogP contribution in [0.3, 0.4) is 0 Å². The molecular formula is C12H12FNO4. The smallest absolute Gasteiger partial charge is 0.316 e. The highest BCUT2D eigenvalue weighted by molar-refractivity contribution is 5.99. The first-order chi connectivity index (χ1) is 8.54. The fourth-order valence-electron chi connectivity index (χ4n) is 2.13. The van der Waals surface area contributed by atoms with Gasteiger partial charge in [-0.3, -0.25) is 9.59 Å². The van der Waals surface area contributed by atoms with Crippen LogP contribution in [0.4, 0.5) is 4.39 Å². The second-order valence-corrected chi connectivity index (χ2v) is 4.06. The zero-order chi connectivity index (χ0) is 13.3. The number of carboxylic acid groups (broad SMARTS) is 1. The van der Waals surface area contributed by atoms with Crippen molar-refractivity contribution in [3.8, 4) is 5.75 Å². The van der Waals surface area contributed by atoms with Gasteiger partial charge in [-0.1, -0.05) is 6.07 Å². The summed E-state index contributed by atoms with van der Waals surface area (Å²) < 4.78 is 18.3. The first-order valence-corrected chi connectivity index (χ1v) is 5.38. The summed E-state index contributed by atoms with van der Waals surface area (Å²) in [6, 6.07) is 4.20. The normalized spacial score (nSPS) is 22.7. The lowest BCUT2D eigenvalue weighted by Gasteiger charge is -2.14. The molecule has 0 radical (unpaired) electrons. The van der Waals surface area contributed by atoms with Crippen molar-refractivity contribution in [3.63, 3.8) is 0 Å². The van der Waals surface area contributed by atoms with Crippen LogP contribution in [0.1, 0.15) is 11.5 Å². The second-order valence-electron chi connectivity index (χ2n) is 4.06. The molecule has 1 saturated heterocycles. The molecule has 2 N–H and O–H groups in total. The zero-order valence-corrected chi connectivity index (χ0v) is 9.64. The molecule has 1 amide bonds. The number of halogens is 1. The molecule has 18 heavy (non-hydrogen) atoms. The van der Waals surface area contributed by atoms with E-state index in [-0.39, 0.29) is 12.3 Å². The molecule has 0 bridgehead atoms. The zero-order valence-electron chi connectivity index (χ0n) is 9.64. The third-order valence-corrected chi connectivity index (χ3v) is 3.05. The number of benzene rings is 1. The molecule has 96 valence electrons. The van der Waals surface area contributed by atoms with Crippen molar-refractivity contribution in [2.75, 3.05) is 13.7 Å². The number of ether oxygens (including phenoxy) is 1. The summed E-state index contributed by atoms with van der Waals surface area (Å²) >= 11 is 0. The minimum absolute atomic E-state index is 0.0860. The lowest BCUT2D eigenvalue weighted by atomic mass is 9.88. The molecule has 6 heteroatoms. The van der Waals surface area contributed by atoms with Crippen LogP contribution in [-0.2, 0) is 9.59 Å². The molecule has 0 saturated carbocycles. The summed E-state index contributed by atoms with van der Waals surface area (Å²) in [5, 5.41) is 11.5. The van der Waals surface area contributed by atoms with E-state index in [1.807, 2.05) is 0 Å². The summed E-state index contributed by atoms with van der Waals surface area (Å²) in [7, 11) is 1.35. The van der Waals surface area contributed by atoms with Crippen molar-refractivity contribution < 1.29 is 23.8 Å². The number of carbonyl (C=O) groups is 2. The van der Waals surface area contributed by atoms with Crippen molar-refractivity contribution in [2.45, 2.75) is 5.92 Å². The van der Waals surface area contributed by atoms with Crippen LogP contribution >= 0.6 is 0 Å². The van der Waals surface area contributed by atoms with Crippen molar-refractivity contribution in [3.05, 3.63) is 29.6 Å². The quantitative estimate of drug-likeness (QED) is 0.779. The van der Waals surface area contributed by atoms with Crippen LogP contribution in [0.15, 0.2) is 18.2 Å². The van der Waals surface area contributed by atoms with E-state index in [9.17, 15) is 14.0 Å². The SMILES string of the molecule is COc1ccc(C2CNC(=O)C2C(=O)O)cc1F. The van der Waals surface area contributed by atoms with Crippen LogP contribution in [0.25, 0.3) is 0 Å². The van der Waals surface area contributed by atoms with Gasteiger partial charge in [0.25, 0.3) is 0 Å². The molecule has 0 spiro atoms. The third-order valence-electron chi connectivity index (χ3n) is 3.05. The van der Waals surface area contributed by atoms with Gasteiger partial charge in [0.05, 0.1) is 7.11 Å². The molecule has 1 aromatic carbocycles. The fourth-order valence-corrected chi connectivity index (χ4v) is 2.13. The Morgan fingerprint density at radius 3 is 2.83 bits per heavy atom. The van der Waals surface area contributed by atoms with Gasteiger partial charge in [0.15, 0.2) is 11.6 Å². The second kappa shape index (κ2) is 4.64. The number of methoxy groups -OCH3 is 1. The summed E-state index contributed by atoms with van der Waals surface area (Å²) in [5.41, 5.74) is 0.471. The Morgan fingerprint density at radius 1 is 1.56 bits per heavy atom. The van der Waals surface area contributed by atoms with E-state index in [4.69, 9.17) is 9.84 Å². The number of amides is 1. The molecule has 2 unspecified atom stereocenters. The number of nitrogens with one attached hydrogen (secondary N) is 1. The highest BCUT2D eigenvalue weighted by Crippen LogP contribution is 2.31. The van der Waals surface area contributed by atoms with Gasteiger partial charge in [-0.15, -0.1) is 0 Å². The fraction of sp³-hybridized carbons (Fsp3) is 0.333. The standard InChI is InChI=1S/C12H12FNO4/c1-18-9-3-2-6(4-8(9)13)7-5-14-11(15)10(7)12(16)17/h2-4,7,10H,5H2,1H3,(H,14,15)(H,16,17). The van der Waals surface area contributed by atoms with Crippen molar-refractivity contribution in [2.24, 2.45) is 5.92 Å². The van der Waals surface area contributed by atoms with Crippen molar-refractivity contribution in [1.82, 2.24) is 5.32 Å². The van der Waals surface area contributed by atoms with Gasteiger partial charge in [0, 0.05) is 12.5 Å².